The number of amides is 1. The molecule has 0 unspecified atom stereocenters. The topological polar surface area (TPSA) is 73.9 Å². The third-order valence-electron chi connectivity index (χ3n) is 2.64. The van der Waals surface area contributed by atoms with Gasteiger partial charge in [0.15, 0.2) is 0 Å². The molecule has 0 saturated heterocycles. The highest BCUT2D eigenvalue weighted by atomic mass is 32.1. The van der Waals surface area contributed by atoms with E-state index in [1.165, 1.54) is 7.11 Å². The highest BCUT2D eigenvalue weighted by Gasteiger charge is 2.13. The van der Waals surface area contributed by atoms with Gasteiger partial charge in [-0.3, -0.25) is 0 Å². The van der Waals surface area contributed by atoms with Crippen molar-refractivity contribution in [2.24, 2.45) is 10.7 Å². The summed E-state index contributed by atoms with van der Waals surface area (Å²) in [5.41, 5.74) is 6.30. The molecule has 2 rings (SSSR count). The Labute approximate surface area is 127 Å². The Balaban J connectivity index is 2.23. The lowest BCUT2D eigenvalue weighted by atomic mass is 10.2. The Morgan fingerprint density at radius 1 is 1.14 bits per heavy atom. The van der Waals surface area contributed by atoms with E-state index in [1.807, 2.05) is 6.07 Å². The molecule has 0 atom stereocenters. The van der Waals surface area contributed by atoms with Gasteiger partial charge in [-0.1, -0.05) is 24.3 Å². The third-order valence-corrected chi connectivity index (χ3v) is 3.01. The fraction of sp³-hybridized carbons (Fsp3) is 0.0667. The zero-order chi connectivity index (χ0) is 15.2. The van der Waals surface area contributed by atoms with Crippen LogP contribution in [-0.4, -0.2) is 19.0 Å². The number of hydrogen-bond donors (Lipinski definition) is 2. The van der Waals surface area contributed by atoms with Gasteiger partial charge in [-0.2, -0.15) is 4.99 Å². The number of rotatable bonds is 3. The summed E-state index contributed by atoms with van der Waals surface area (Å²) < 4.78 is 10.2. The van der Waals surface area contributed by atoms with Gasteiger partial charge in [0.05, 0.1) is 12.7 Å². The van der Waals surface area contributed by atoms with Crippen molar-refractivity contribution >= 4 is 24.6 Å². The normalized spacial score (nSPS) is 11.0. The predicted octanol–water partition coefficient (Wildman–Crippen LogP) is 2.89. The Morgan fingerprint density at radius 2 is 1.86 bits per heavy atom. The largest absolute Gasteiger partial charge is 0.496 e. The van der Waals surface area contributed by atoms with Crippen LogP contribution in [0.3, 0.4) is 0 Å². The number of ether oxygens (including phenoxy) is 2. The van der Waals surface area contributed by atoms with Crippen LogP contribution in [0.25, 0.3) is 0 Å². The van der Waals surface area contributed by atoms with Gasteiger partial charge >= 0.3 is 6.09 Å². The summed E-state index contributed by atoms with van der Waals surface area (Å²) in [5, 5.41) is 0. The van der Waals surface area contributed by atoms with E-state index in [0.717, 1.165) is 0 Å². The minimum absolute atomic E-state index is 0.0154. The molecule has 0 aliphatic heterocycles. The van der Waals surface area contributed by atoms with Crippen LogP contribution in [0.5, 0.6) is 11.5 Å². The molecule has 0 aliphatic carbocycles. The maximum atomic E-state index is 11.8. The number of benzene rings is 2. The molecule has 108 valence electrons. The van der Waals surface area contributed by atoms with Crippen molar-refractivity contribution in [3.8, 4) is 11.5 Å². The second-order valence-corrected chi connectivity index (χ2v) is 4.51. The molecular weight excluding hydrogens is 288 g/mol. The molecule has 0 saturated carbocycles. The third kappa shape index (κ3) is 3.76. The van der Waals surface area contributed by atoms with Crippen LogP contribution in [0.1, 0.15) is 5.56 Å². The van der Waals surface area contributed by atoms with Crippen LogP contribution in [0.15, 0.2) is 58.4 Å². The quantitative estimate of drug-likeness (QED) is 0.519. The lowest BCUT2D eigenvalue weighted by Gasteiger charge is -2.10. The maximum Gasteiger partial charge on any atom is 0.441 e. The first kappa shape index (κ1) is 14.9. The van der Waals surface area contributed by atoms with Crippen LogP contribution in [0.2, 0.25) is 0 Å². The molecule has 0 bridgehead atoms. The molecule has 2 N–H and O–H groups in total. The molecule has 0 spiro atoms. The summed E-state index contributed by atoms with van der Waals surface area (Å²) in [5.74, 6) is 0.861. The standard InChI is InChI=1S/C15H14N2O3S/c1-19-11-8-5-9-12(21)13(11)14(16)17-15(18)20-10-6-3-2-4-7-10/h2-9,21H,1H3,(H2,16,17,18). The molecule has 2 aromatic carbocycles. The molecule has 0 aliphatic rings. The van der Waals surface area contributed by atoms with Crippen LogP contribution in [0.4, 0.5) is 4.79 Å². The molecule has 5 nitrogen and oxygen atoms in total. The first-order chi connectivity index (χ1) is 10.1. The van der Waals surface area contributed by atoms with Gasteiger partial charge in [0.1, 0.15) is 17.3 Å². The van der Waals surface area contributed by atoms with Crippen LogP contribution in [-0.2, 0) is 0 Å². The summed E-state index contributed by atoms with van der Waals surface area (Å²) in [6, 6.07) is 13.8. The van der Waals surface area contributed by atoms with E-state index in [2.05, 4.69) is 17.6 Å². The number of nitrogens with zero attached hydrogens (tertiary/aromatic N) is 1. The van der Waals surface area contributed by atoms with Crippen molar-refractivity contribution in [3.05, 3.63) is 54.1 Å². The fourth-order valence-corrected chi connectivity index (χ4v) is 2.02. The number of para-hydroxylation sites is 1. The van der Waals surface area contributed by atoms with Crippen LogP contribution < -0.4 is 15.2 Å². The number of carbonyl (C=O) groups is 1. The van der Waals surface area contributed by atoms with E-state index in [0.29, 0.717) is 22.0 Å². The van der Waals surface area contributed by atoms with Gasteiger partial charge in [-0.15, -0.1) is 12.6 Å². The number of methoxy groups -OCH3 is 1. The second-order valence-electron chi connectivity index (χ2n) is 4.03. The lowest BCUT2D eigenvalue weighted by Crippen LogP contribution is -2.19. The summed E-state index contributed by atoms with van der Waals surface area (Å²) in [4.78, 5) is 16.0. The van der Waals surface area contributed by atoms with E-state index in [4.69, 9.17) is 15.2 Å². The van der Waals surface area contributed by atoms with E-state index >= 15 is 0 Å². The number of aliphatic imine (C=N–C) groups is 1. The predicted molar refractivity (Wildman–Crippen MR) is 83.4 cm³/mol. The Bertz CT molecular complexity index is 672. The molecule has 6 heteroatoms. The van der Waals surface area contributed by atoms with Gasteiger partial charge in [0.2, 0.25) is 0 Å². The number of amidine groups is 1. The Hall–Kier alpha value is -2.47. The number of nitrogens with two attached hydrogens (primary N) is 1. The average molecular weight is 302 g/mol. The van der Waals surface area contributed by atoms with Gasteiger partial charge in [-0.25, -0.2) is 4.79 Å². The van der Waals surface area contributed by atoms with Crippen molar-refractivity contribution in [1.82, 2.24) is 0 Å². The minimum atomic E-state index is -0.808. The molecule has 2 aromatic rings. The summed E-state index contributed by atoms with van der Waals surface area (Å²) in [6.07, 6.45) is -0.808. The number of hydrogen-bond acceptors (Lipinski definition) is 4. The summed E-state index contributed by atoms with van der Waals surface area (Å²) >= 11 is 4.29. The maximum absolute atomic E-state index is 11.8. The molecule has 21 heavy (non-hydrogen) atoms. The van der Waals surface area contributed by atoms with Gasteiger partial charge in [-0.05, 0) is 24.3 Å². The zero-order valence-corrected chi connectivity index (χ0v) is 12.2. The van der Waals surface area contributed by atoms with Crippen LogP contribution in [0, 0.1) is 0 Å². The molecular formula is C15H14N2O3S. The second kappa shape index (κ2) is 6.81. The van der Waals surface area contributed by atoms with Crippen molar-refractivity contribution in [3.63, 3.8) is 0 Å². The summed E-state index contributed by atoms with van der Waals surface area (Å²) in [6.45, 7) is 0. The minimum Gasteiger partial charge on any atom is -0.496 e. The van der Waals surface area contributed by atoms with E-state index in [-0.39, 0.29) is 5.84 Å². The first-order valence-corrected chi connectivity index (χ1v) is 6.54. The van der Waals surface area contributed by atoms with Crippen LogP contribution >= 0.6 is 12.6 Å². The Morgan fingerprint density at radius 3 is 2.52 bits per heavy atom. The smallest absolute Gasteiger partial charge is 0.441 e. The number of carbonyl (C=O) groups excluding carboxylic acids is 1. The SMILES string of the molecule is COc1cccc(S)c1/C(N)=N/C(=O)Oc1ccccc1. The van der Waals surface area contributed by atoms with E-state index in [9.17, 15) is 4.79 Å². The van der Waals surface area contributed by atoms with Crippen molar-refractivity contribution < 1.29 is 14.3 Å². The number of thiol groups is 1. The molecule has 0 aromatic heterocycles. The van der Waals surface area contributed by atoms with Crippen molar-refractivity contribution in [2.45, 2.75) is 4.90 Å². The highest BCUT2D eigenvalue weighted by molar-refractivity contribution is 7.80. The zero-order valence-electron chi connectivity index (χ0n) is 11.3. The molecule has 0 fully saturated rings. The first-order valence-electron chi connectivity index (χ1n) is 6.09. The fourth-order valence-electron chi connectivity index (χ4n) is 1.71. The highest BCUT2D eigenvalue weighted by Crippen LogP contribution is 2.24. The van der Waals surface area contributed by atoms with Gasteiger partial charge in [0.25, 0.3) is 0 Å². The van der Waals surface area contributed by atoms with E-state index < -0.39 is 6.09 Å². The average Bonchev–Trinajstić information content (AvgIpc) is 2.47. The monoisotopic (exact) mass is 302 g/mol. The van der Waals surface area contributed by atoms with Crippen molar-refractivity contribution in [2.75, 3.05) is 7.11 Å². The molecule has 1 amide bonds. The van der Waals surface area contributed by atoms with E-state index in [1.54, 1.807) is 42.5 Å². The summed E-state index contributed by atoms with van der Waals surface area (Å²) in [7, 11) is 1.50. The van der Waals surface area contributed by atoms with Crippen molar-refractivity contribution in [1.29, 1.82) is 0 Å². The molecule has 0 radical (unpaired) electrons. The Kier molecular flexibility index (Phi) is 4.84. The van der Waals surface area contributed by atoms with Gasteiger partial charge in [0, 0.05) is 4.90 Å². The molecule has 0 heterocycles. The van der Waals surface area contributed by atoms with Gasteiger partial charge < -0.3 is 15.2 Å². The lowest BCUT2D eigenvalue weighted by molar-refractivity contribution is 0.211.